The van der Waals surface area contributed by atoms with E-state index in [9.17, 15) is 22.8 Å². The number of halogens is 5. The Labute approximate surface area is 252 Å². The van der Waals surface area contributed by atoms with Crippen LogP contribution in [0.3, 0.4) is 0 Å². The van der Waals surface area contributed by atoms with Crippen LogP contribution in [0.5, 0.6) is 0 Å². The van der Waals surface area contributed by atoms with Crippen molar-refractivity contribution >= 4 is 45.9 Å². The molecule has 0 aliphatic heterocycles. The van der Waals surface area contributed by atoms with Crippen molar-refractivity contribution in [2.24, 2.45) is 0 Å². The summed E-state index contributed by atoms with van der Waals surface area (Å²) in [6.45, 7) is 0.720. The molecular weight excluding hydrogens is 590 g/mol. The predicted molar refractivity (Wildman–Crippen MR) is 158 cm³/mol. The number of fused-ring (bicyclic) bond motifs is 1. The molecule has 0 radical (unpaired) electrons. The van der Waals surface area contributed by atoms with Gasteiger partial charge in [-0.05, 0) is 60.4 Å². The number of carbonyl (C=O) groups is 2. The molecule has 0 aliphatic carbocycles. The zero-order valence-electron chi connectivity index (χ0n) is 22.9. The van der Waals surface area contributed by atoms with E-state index in [2.05, 4.69) is 4.98 Å². The van der Waals surface area contributed by atoms with Gasteiger partial charge in [-0.1, -0.05) is 53.5 Å². The number of nitrogens with zero attached hydrogens (tertiary/aromatic N) is 2. The molecule has 3 aromatic carbocycles. The number of benzene rings is 3. The quantitative estimate of drug-likeness (QED) is 0.170. The number of carbonyl (C=O) groups excluding carboxylic acids is 2. The molecule has 0 aliphatic rings. The second-order valence-corrected chi connectivity index (χ2v) is 10.7. The first kappa shape index (κ1) is 31.4. The van der Waals surface area contributed by atoms with Gasteiger partial charge < -0.3 is 19.5 Å². The fourth-order valence-electron chi connectivity index (χ4n) is 4.68. The van der Waals surface area contributed by atoms with Crippen LogP contribution in [0.15, 0.2) is 72.9 Å². The Balaban J connectivity index is 1.58. The van der Waals surface area contributed by atoms with Crippen LogP contribution in [0.1, 0.15) is 33.5 Å². The third-order valence-corrected chi connectivity index (χ3v) is 7.27. The Hall–Kier alpha value is -3.53. The maximum absolute atomic E-state index is 13.8. The number of alkyl halides is 3. The number of nitrogens with one attached hydrogen (secondary N) is 1. The fraction of sp³-hybridized carbons (Fsp3) is 0.290. The summed E-state index contributed by atoms with van der Waals surface area (Å²) in [4.78, 5) is 33.4. The number of amides is 2. The highest BCUT2D eigenvalue weighted by Gasteiger charge is 2.30. The summed E-state index contributed by atoms with van der Waals surface area (Å²) in [6, 6.07) is 17.0. The Kier molecular flexibility index (Phi) is 10.5. The van der Waals surface area contributed by atoms with Crippen molar-refractivity contribution in [1.82, 2.24) is 14.8 Å². The molecule has 0 spiro atoms. The normalized spacial score (nSPS) is 11.6. The topological polar surface area (TPSA) is 65.6 Å². The van der Waals surface area contributed by atoms with Gasteiger partial charge in [-0.3, -0.25) is 9.59 Å². The largest absolute Gasteiger partial charge is 0.416 e. The Morgan fingerprint density at radius 1 is 0.929 bits per heavy atom. The number of ether oxygens (including phenoxy) is 1. The summed E-state index contributed by atoms with van der Waals surface area (Å²) in [5, 5.41) is 1.60. The lowest BCUT2D eigenvalue weighted by molar-refractivity contribution is -0.137. The third-order valence-electron chi connectivity index (χ3n) is 6.83. The van der Waals surface area contributed by atoms with Gasteiger partial charge in [-0.25, -0.2) is 0 Å². The summed E-state index contributed by atoms with van der Waals surface area (Å²) in [6.07, 6.45) is -1.60. The highest BCUT2D eigenvalue weighted by atomic mass is 35.5. The number of rotatable bonds is 12. The number of para-hydroxylation sites is 1. The van der Waals surface area contributed by atoms with Crippen LogP contribution < -0.4 is 0 Å². The van der Waals surface area contributed by atoms with Gasteiger partial charge in [0.2, 0.25) is 5.91 Å². The molecule has 11 heteroatoms. The lowest BCUT2D eigenvalue weighted by Crippen LogP contribution is -2.44. The number of H-pyrrole nitrogens is 1. The lowest BCUT2D eigenvalue weighted by Gasteiger charge is -2.28. The van der Waals surface area contributed by atoms with E-state index in [1.165, 1.54) is 35.2 Å². The van der Waals surface area contributed by atoms with E-state index >= 15 is 0 Å². The molecule has 0 saturated carbocycles. The summed E-state index contributed by atoms with van der Waals surface area (Å²) in [7, 11) is 1.55. The minimum atomic E-state index is -4.46. The van der Waals surface area contributed by atoms with Gasteiger partial charge in [0.05, 0.1) is 5.56 Å². The van der Waals surface area contributed by atoms with Gasteiger partial charge in [0.25, 0.3) is 5.91 Å². The average molecular weight is 620 g/mol. The Bertz CT molecular complexity index is 1500. The number of methoxy groups -OCH3 is 1. The van der Waals surface area contributed by atoms with Gasteiger partial charge in [-0.15, -0.1) is 0 Å². The molecule has 1 heterocycles. The van der Waals surface area contributed by atoms with E-state index in [-0.39, 0.29) is 47.7 Å². The van der Waals surface area contributed by atoms with Crippen LogP contribution in [-0.2, 0) is 28.7 Å². The molecule has 42 heavy (non-hydrogen) atoms. The first-order chi connectivity index (χ1) is 20.0. The molecule has 0 saturated heterocycles. The standard InChI is InChI=1S/C31H30Cl2F3N3O3/c1-42-14-4-12-39(30(41)23-15-25(32)17-26(33)16-23)20-29(40)38(19-21-7-9-24(10-8-21)31(34,35)36)13-11-22-18-37-28-6-3-2-5-27(22)28/h2-3,5-10,15-18,37H,4,11-14,19-20H2,1H3. The van der Waals surface area contributed by atoms with Gasteiger partial charge in [0.1, 0.15) is 6.54 Å². The van der Waals surface area contributed by atoms with Crippen LogP contribution >= 0.6 is 23.2 Å². The van der Waals surface area contributed by atoms with Gasteiger partial charge >= 0.3 is 6.18 Å². The highest BCUT2D eigenvalue weighted by Crippen LogP contribution is 2.29. The van der Waals surface area contributed by atoms with Crippen molar-refractivity contribution in [3.63, 3.8) is 0 Å². The molecule has 0 fully saturated rings. The summed E-state index contributed by atoms with van der Waals surface area (Å²) in [5.41, 5.74) is 1.97. The van der Waals surface area contributed by atoms with Crippen LogP contribution in [0.25, 0.3) is 10.9 Å². The van der Waals surface area contributed by atoms with E-state index in [4.69, 9.17) is 27.9 Å². The van der Waals surface area contributed by atoms with Gasteiger partial charge in [-0.2, -0.15) is 13.2 Å². The van der Waals surface area contributed by atoms with Gasteiger partial charge in [0.15, 0.2) is 0 Å². The molecule has 0 unspecified atom stereocenters. The molecule has 2 amide bonds. The third kappa shape index (κ3) is 8.27. The predicted octanol–water partition coefficient (Wildman–Crippen LogP) is 7.24. The SMILES string of the molecule is COCCCN(CC(=O)N(CCc1c[nH]c2ccccc12)Cc1ccc(C(F)(F)F)cc1)C(=O)c1cc(Cl)cc(Cl)c1. The molecular formula is C31H30Cl2F3N3O3. The van der Waals surface area contributed by atoms with Crippen molar-refractivity contribution < 1.29 is 27.5 Å². The Morgan fingerprint density at radius 3 is 2.29 bits per heavy atom. The highest BCUT2D eigenvalue weighted by molar-refractivity contribution is 6.35. The number of aromatic nitrogens is 1. The molecule has 4 aromatic rings. The molecule has 1 N–H and O–H groups in total. The van der Waals surface area contributed by atoms with E-state index in [1.807, 2.05) is 30.5 Å². The molecule has 4 rings (SSSR count). The second-order valence-electron chi connectivity index (χ2n) is 9.85. The van der Waals surface area contributed by atoms with Crippen LogP contribution in [0.4, 0.5) is 13.2 Å². The fourth-order valence-corrected chi connectivity index (χ4v) is 5.21. The number of hydrogen-bond acceptors (Lipinski definition) is 3. The molecule has 1 aromatic heterocycles. The maximum Gasteiger partial charge on any atom is 0.416 e. The van der Waals surface area contributed by atoms with Crippen LogP contribution in [0.2, 0.25) is 10.0 Å². The first-order valence-corrected chi connectivity index (χ1v) is 14.0. The maximum atomic E-state index is 13.8. The minimum Gasteiger partial charge on any atom is -0.385 e. The molecule has 0 atom stereocenters. The summed E-state index contributed by atoms with van der Waals surface area (Å²) < 4.78 is 44.5. The molecule has 0 bridgehead atoms. The van der Waals surface area contributed by atoms with Crippen molar-refractivity contribution in [2.75, 3.05) is 33.4 Å². The van der Waals surface area contributed by atoms with Gasteiger partial charge in [0, 0.05) is 66.1 Å². The van der Waals surface area contributed by atoms with Crippen molar-refractivity contribution in [3.8, 4) is 0 Å². The lowest BCUT2D eigenvalue weighted by atomic mass is 10.1. The zero-order chi connectivity index (χ0) is 30.3. The van der Waals surface area contributed by atoms with Crippen molar-refractivity contribution in [2.45, 2.75) is 25.6 Å². The van der Waals surface area contributed by atoms with Crippen molar-refractivity contribution in [3.05, 3.63) is 105 Å². The van der Waals surface area contributed by atoms with E-state index < -0.39 is 17.6 Å². The first-order valence-electron chi connectivity index (χ1n) is 13.3. The minimum absolute atomic E-state index is 0.0718. The molecule has 6 nitrogen and oxygen atoms in total. The smallest absolute Gasteiger partial charge is 0.385 e. The van der Waals surface area contributed by atoms with Crippen molar-refractivity contribution in [1.29, 1.82) is 0 Å². The van der Waals surface area contributed by atoms with Crippen LogP contribution in [0, 0.1) is 0 Å². The van der Waals surface area contributed by atoms with E-state index in [0.717, 1.165) is 28.6 Å². The van der Waals surface area contributed by atoms with E-state index in [0.29, 0.717) is 25.0 Å². The Morgan fingerprint density at radius 2 is 1.62 bits per heavy atom. The van der Waals surface area contributed by atoms with Crippen LogP contribution in [-0.4, -0.2) is 59.9 Å². The van der Waals surface area contributed by atoms with E-state index in [1.54, 1.807) is 12.0 Å². The summed E-state index contributed by atoms with van der Waals surface area (Å²) >= 11 is 12.2. The number of aromatic amines is 1. The number of hydrogen-bond donors (Lipinski definition) is 1. The summed E-state index contributed by atoms with van der Waals surface area (Å²) in [5.74, 6) is -0.774. The molecule has 222 valence electrons. The average Bonchev–Trinajstić information content (AvgIpc) is 3.36. The zero-order valence-corrected chi connectivity index (χ0v) is 24.4. The monoisotopic (exact) mass is 619 g/mol. The second kappa shape index (κ2) is 14.1.